The fourth-order valence-electron chi connectivity index (χ4n) is 5.86. The van der Waals surface area contributed by atoms with Gasteiger partial charge in [0.25, 0.3) is 5.91 Å². The molecule has 3 aliphatic rings. The van der Waals surface area contributed by atoms with E-state index in [1.54, 1.807) is 41.0 Å². The summed E-state index contributed by atoms with van der Waals surface area (Å²) in [5.41, 5.74) is 1.97. The molecule has 258 valence electrons. The molecule has 12 heteroatoms. The van der Waals surface area contributed by atoms with Crippen LogP contribution in [0.15, 0.2) is 54.6 Å². The van der Waals surface area contributed by atoms with Crippen molar-refractivity contribution in [3.63, 3.8) is 0 Å². The monoisotopic (exact) mass is 660 g/mol. The van der Waals surface area contributed by atoms with Gasteiger partial charge in [-0.3, -0.25) is 28.8 Å². The van der Waals surface area contributed by atoms with Crippen molar-refractivity contribution in [1.29, 1.82) is 0 Å². The third-order valence-electron chi connectivity index (χ3n) is 8.59. The van der Waals surface area contributed by atoms with E-state index in [2.05, 4.69) is 21.3 Å². The smallest absolute Gasteiger partial charge is 0.251 e. The zero-order valence-electron chi connectivity index (χ0n) is 28.1. The summed E-state index contributed by atoms with van der Waals surface area (Å²) in [6.45, 7) is 7.07. The van der Waals surface area contributed by atoms with Crippen LogP contribution < -0.4 is 21.3 Å². The minimum atomic E-state index is -0.988. The Labute approximate surface area is 282 Å². The maximum atomic E-state index is 13.7. The lowest BCUT2D eigenvalue weighted by atomic mass is 10.0. The van der Waals surface area contributed by atoms with Gasteiger partial charge >= 0.3 is 0 Å². The first-order chi connectivity index (χ1) is 23.0. The van der Waals surface area contributed by atoms with Crippen molar-refractivity contribution < 1.29 is 28.8 Å². The first kappa shape index (κ1) is 36.1. The Kier molecular flexibility index (Phi) is 13.1. The summed E-state index contributed by atoms with van der Waals surface area (Å²) in [5.74, 6) is -1.96. The fourth-order valence-corrected chi connectivity index (χ4v) is 5.86. The van der Waals surface area contributed by atoms with Crippen molar-refractivity contribution in [2.45, 2.75) is 84.0 Å². The number of hydrogen-bond donors (Lipinski definition) is 4. The molecule has 3 aliphatic heterocycles. The molecule has 2 aromatic rings. The summed E-state index contributed by atoms with van der Waals surface area (Å²) >= 11 is 0. The van der Waals surface area contributed by atoms with Gasteiger partial charge in [-0.15, -0.1) is 0 Å². The molecule has 0 spiro atoms. The normalized spacial score (nSPS) is 22.1. The second kappa shape index (κ2) is 17.4. The van der Waals surface area contributed by atoms with Crippen LogP contribution in [0.25, 0.3) is 0 Å². The lowest BCUT2D eigenvalue weighted by Gasteiger charge is -2.26. The van der Waals surface area contributed by atoms with Gasteiger partial charge in [0.05, 0.1) is 6.54 Å². The molecule has 4 N–H and O–H groups in total. The second-order valence-electron chi connectivity index (χ2n) is 13.1. The number of benzene rings is 2. The molecule has 3 heterocycles. The lowest BCUT2D eigenvalue weighted by Crippen LogP contribution is -2.57. The zero-order valence-corrected chi connectivity index (χ0v) is 28.1. The SMILES string of the molecule is CC(C)C[C@@H]1NC(=O)[C@@H](Cc2ccccc2)NC(=O)c2ccc(cc2)CN(C(=O)CN2CCCC2=O)CCCCNC(=O)[C@@H](C)NC1=O. The van der Waals surface area contributed by atoms with Crippen molar-refractivity contribution in [2.75, 3.05) is 26.2 Å². The van der Waals surface area contributed by atoms with Crippen LogP contribution >= 0.6 is 0 Å². The molecular formula is C36H48N6O6. The van der Waals surface area contributed by atoms with Crippen LogP contribution in [0.5, 0.6) is 0 Å². The Morgan fingerprint density at radius 3 is 2.19 bits per heavy atom. The van der Waals surface area contributed by atoms with Crippen LogP contribution in [0.2, 0.25) is 0 Å². The van der Waals surface area contributed by atoms with E-state index in [1.165, 1.54) is 0 Å². The standard InChI is InChI=1S/C36H48N6O6/c1-24(2)20-29-35(47)38-25(3)33(45)37-17-7-8-18-41(32(44)23-42-19-9-12-31(42)43)22-27-13-15-28(16-14-27)34(46)39-30(36(48)40-29)21-26-10-5-4-6-11-26/h4-6,10-11,13-16,24-25,29-30H,7-9,12,17-23H2,1-3H3,(H,37,45)(H,38,47)(H,39,46)(H,40,48)/t25-,29+,30-/m1/s1. The minimum absolute atomic E-state index is 0.00986. The summed E-state index contributed by atoms with van der Waals surface area (Å²) in [4.78, 5) is 82.2. The zero-order chi connectivity index (χ0) is 34.6. The van der Waals surface area contributed by atoms with Crippen LogP contribution in [-0.2, 0) is 36.9 Å². The molecular weight excluding hydrogens is 612 g/mol. The lowest BCUT2D eigenvalue weighted by molar-refractivity contribution is -0.138. The highest BCUT2D eigenvalue weighted by atomic mass is 16.2. The van der Waals surface area contributed by atoms with Crippen molar-refractivity contribution in [3.8, 4) is 0 Å². The van der Waals surface area contributed by atoms with E-state index in [4.69, 9.17) is 0 Å². The molecule has 0 saturated carbocycles. The summed E-state index contributed by atoms with van der Waals surface area (Å²) in [6, 6.07) is 13.4. The number of rotatable bonds is 6. The van der Waals surface area contributed by atoms with Crippen molar-refractivity contribution in [2.24, 2.45) is 5.92 Å². The van der Waals surface area contributed by atoms with Crippen LogP contribution in [0.4, 0.5) is 0 Å². The predicted molar refractivity (Wildman–Crippen MR) is 180 cm³/mol. The Morgan fingerprint density at radius 1 is 0.812 bits per heavy atom. The maximum absolute atomic E-state index is 13.7. The topological polar surface area (TPSA) is 157 Å². The highest BCUT2D eigenvalue weighted by Gasteiger charge is 2.30. The fraction of sp³-hybridized carbons (Fsp3) is 0.500. The average Bonchev–Trinajstić information content (AvgIpc) is 3.46. The molecule has 0 aliphatic carbocycles. The summed E-state index contributed by atoms with van der Waals surface area (Å²) in [7, 11) is 0. The number of fused-ring (bicyclic) bond motifs is 18. The van der Waals surface area contributed by atoms with E-state index >= 15 is 0 Å². The van der Waals surface area contributed by atoms with E-state index in [9.17, 15) is 28.8 Å². The molecule has 12 nitrogen and oxygen atoms in total. The molecule has 6 amide bonds. The number of nitrogens with zero attached hydrogens (tertiary/aromatic N) is 2. The summed E-state index contributed by atoms with van der Waals surface area (Å²) in [5, 5.41) is 11.3. The quantitative estimate of drug-likeness (QED) is 0.347. The molecule has 2 aromatic carbocycles. The van der Waals surface area contributed by atoms with Gasteiger partial charge in [-0.1, -0.05) is 56.3 Å². The van der Waals surface area contributed by atoms with Gasteiger partial charge in [-0.2, -0.15) is 0 Å². The van der Waals surface area contributed by atoms with E-state index < -0.39 is 35.8 Å². The molecule has 5 rings (SSSR count). The number of carbonyl (C=O) groups excluding carboxylic acids is 6. The Morgan fingerprint density at radius 2 is 1.52 bits per heavy atom. The molecule has 3 atom stereocenters. The van der Waals surface area contributed by atoms with Gasteiger partial charge in [0.2, 0.25) is 29.5 Å². The minimum Gasteiger partial charge on any atom is -0.354 e. The van der Waals surface area contributed by atoms with Gasteiger partial charge in [0, 0.05) is 44.6 Å². The van der Waals surface area contributed by atoms with Crippen LogP contribution in [0.3, 0.4) is 0 Å². The maximum Gasteiger partial charge on any atom is 0.251 e. The van der Waals surface area contributed by atoms with Gasteiger partial charge in [0.1, 0.15) is 18.1 Å². The average molecular weight is 661 g/mol. The number of nitrogens with one attached hydrogen (secondary N) is 4. The van der Waals surface area contributed by atoms with Crippen LogP contribution in [0.1, 0.15) is 74.4 Å². The van der Waals surface area contributed by atoms with Crippen LogP contribution in [0, 0.1) is 5.92 Å². The Balaban J connectivity index is 1.59. The van der Waals surface area contributed by atoms with Crippen LogP contribution in [-0.4, -0.2) is 89.5 Å². The number of carbonyl (C=O) groups is 6. The molecule has 1 fully saturated rings. The predicted octanol–water partition coefficient (Wildman–Crippen LogP) is 1.92. The first-order valence-corrected chi connectivity index (χ1v) is 16.9. The highest BCUT2D eigenvalue weighted by molar-refractivity contribution is 5.99. The van der Waals surface area contributed by atoms with Crippen molar-refractivity contribution >= 4 is 35.4 Å². The second-order valence-corrected chi connectivity index (χ2v) is 13.1. The Bertz CT molecular complexity index is 1450. The third kappa shape index (κ3) is 10.6. The molecule has 0 radical (unpaired) electrons. The van der Waals surface area contributed by atoms with Gasteiger partial charge < -0.3 is 31.1 Å². The first-order valence-electron chi connectivity index (χ1n) is 16.9. The highest BCUT2D eigenvalue weighted by Crippen LogP contribution is 2.14. The number of hydrogen-bond acceptors (Lipinski definition) is 6. The van der Waals surface area contributed by atoms with Crippen molar-refractivity contribution in [1.82, 2.24) is 31.1 Å². The number of amides is 6. The van der Waals surface area contributed by atoms with Gasteiger partial charge in [-0.05, 0) is 61.8 Å². The molecule has 48 heavy (non-hydrogen) atoms. The van der Waals surface area contributed by atoms with Crippen molar-refractivity contribution in [3.05, 3.63) is 71.3 Å². The molecule has 2 bridgehead atoms. The molecule has 0 aromatic heterocycles. The number of likely N-dealkylation sites (tertiary alicyclic amines) is 1. The van der Waals surface area contributed by atoms with E-state index in [-0.39, 0.29) is 43.1 Å². The van der Waals surface area contributed by atoms with E-state index in [0.717, 1.165) is 17.5 Å². The van der Waals surface area contributed by atoms with Gasteiger partial charge in [0.15, 0.2) is 0 Å². The molecule has 0 unspecified atom stereocenters. The van der Waals surface area contributed by atoms with E-state index in [0.29, 0.717) is 50.9 Å². The third-order valence-corrected chi connectivity index (χ3v) is 8.59. The summed E-state index contributed by atoms with van der Waals surface area (Å²) < 4.78 is 0. The van der Waals surface area contributed by atoms with E-state index in [1.807, 2.05) is 44.2 Å². The Hall–Kier alpha value is -4.74. The molecule has 1 saturated heterocycles. The summed E-state index contributed by atoms with van der Waals surface area (Å²) in [6.07, 6.45) is 2.91. The van der Waals surface area contributed by atoms with Gasteiger partial charge in [-0.25, -0.2) is 0 Å². The largest absolute Gasteiger partial charge is 0.354 e.